The molecule has 1 rings (SSSR count). The van der Waals surface area contributed by atoms with Crippen LogP contribution in [0, 0.1) is 11.8 Å². The zero-order chi connectivity index (χ0) is 11.6. The Hall–Kier alpha value is -0.0900. The lowest BCUT2D eigenvalue weighted by Gasteiger charge is -2.33. The molecule has 0 saturated heterocycles. The highest BCUT2D eigenvalue weighted by Crippen LogP contribution is 2.31. The van der Waals surface area contributed by atoms with E-state index in [0.717, 1.165) is 25.7 Å². The molecule has 1 aliphatic carbocycles. The summed E-state index contributed by atoms with van der Waals surface area (Å²) in [6.45, 7) is 4.21. The molecule has 0 aromatic carbocycles. The molecule has 0 aromatic rings. The van der Waals surface area contributed by atoms with Crippen LogP contribution in [0.15, 0.2) is 0 Å². The van der Waals surface area contributed by atoms with Crippen molar-refractivity contribution in [3.8, 4) is 0 Å². The molecule has 1 aliphatic rings. The molecule has 90 valence electrons. The smallest absolute Gasteiger partial charge is 0.150 e. The van der Waals surface area contributed by atoms with Crippen molar-refractivity contribution in [1.82, 2.24) is 0 Å². The Morgan fingerprint density at radius 1 is 1.27 bits per heavy atom. The summed E-state index contributed by atoms with van der Waals surface area (Å²) in [4.78, 5) is 0. The van der Waals surface area contributed by atoms with Crippen LogP contribution in [-0.2, 0) is 9.84 Å². The van der Waals surface area contributed by atoms with Crippen LogP contribution in [-0.4, -0.2) is 26.0 Å². The molecule has 0 radical (unpaired) electrons. The number of sulfone groups is 1. The lowest BCUT2D eigenvalue weighted by atomic mass is 9.80. The summed E-state index contributed by atoms with van der Waals surface area (Å²) in [5.74, 6) is 0.826. The summed E-state index contributed by atoms with van der Waals surface area (Å²) in [5, 5.41) is -0.152. The van der Waals surface area contributed by atoms with Gasteiger partial charge in [0.2, 0.25) is 0 Å². The van der Waals surface area contributed by atoms with Gasteiger partial charge in [0, 0.05) is 12.3 Å². The summed E-state index contributed by atoms with van der Waals surface area (Å²) in [7, 11) is -2.87. The van der Waals surface area contributed by atoms with Crippen molar-refractivity contribution in [1.29, 1.82) is 0 Å². The van der Waals surface area contributed by atoms with Crippen LogP contribution in [0.3, 0.4) is 0 Å². The van der Waals surface area contributed by atoms with Crippen LogP contribution in [0.25, 0.3) is 0 Å². The van der Waals surface area contributed by atoms with E-state index in [1.807, 2.05) is 0 Å². The molecule has 3 nitrogen and oxygen atoms in total. The maximum Gasteiger partial charge on any atom is 0.150 e. The third kappa shape index (κ3) is 3.45. The van der Waals surface area contributed by atoms with E-state index in [-0.39, 0.29) is 11.3 Å². The Bertz CT molecular complexity index is 298. The second kappa shape index (κ2) is 4.83. The van der Waals surface area contributed by atoms with Gasteiger partial charge in [-0.2, -0.15) is 0 Å². The minimum absolute atomic E-state index is 0.148. The van der Waals surface area contributed by atoms with Crippen LogP contribution in [0.5, 0.6) is 0 Å². The fraction of sp³-hybridized carbons (Fsp3) is 1.00. The van der Waals surface area contributed by atoms with Crippen LogP contribution < -0.4 is 5.73 Å². The molecule has 0 heterocycles. The third-order valence-electron chi connectivity index (χ3n) is 3.59. The van der Waals surface area contributed by atoms with E-state index in [2.05, 4.69) is 13.8 Å². The van der Waals surface area contributed by atoms with E-state index in [9.17, 15) is 8.42 Å². The van der Waals surface area contributed by atoms with Gasteiger partial charge in [0.15, 0.2) is 0 Å². The molecular formula is C11H23NO2S. The molecule has 4 heteroatoms. The van der Waals surface area contributed by atoms with E-state index in [1.54, 1.807) is 0 Å². The average Bonchev–Trinajstić information content (AvgIpc) is 2.15. The molecule has 1 fully saturated rings. The predicted octanol–water partition coefficient (Wildman–Crippen LogP) is 1.57. The van der Waals surface area contributed by atoms with Crippen LogP contribution in [0.4, 0.5) is 0 Å². The minimum Gasteiger partial charge on any atom is -0.327 e. The first-order valence-corrected chi connectivity index (χ1v) is 7.72. The zero-order valence-corrected chi connectivity index (χ0v) is 10.8. The van der Waals surface area contributed by atoms with Crippen molar-refractivity contribution < 1.29 is 8.42 Å². The Balaban J connectivity index is 2.64. The quantitative estimate of drug-likeness (QED) is 0.805. The molecule has 1 saturated carbocycles. The zero-order valence-electron chi connectivity index (χ0n) is 9.94. The monoisotopic (exact) mass is 233 g/mol. The molecule has 0 bridgehead atoms. The summed E-state index contributed by atoms with van der Waals surface area (Å²) in [6.07, 6.45) is 5.02. The molecular weight excluding hydrogens is 210 g/mol. The van der Waals surface area contributed by atoms with Gasteiger partial charge in [0.05, 0.1) is 5.25 Å². The fourth-order valence-electron chi connectivity index (χ4n) is 2.46. The minimum atomic E-state index is -2.87. The fourth-order valence-corrected chi connectivity index (χ4v) is 3.66. The Kier molecular flexibility index (Phi) is 4.18. The highest BCUT2D eigenvalue weighted by atomic mass is 32.2. The van der Waals surface area contributed by atoms with Crippen molar-refractivity contribution in [2.45, 2.75) is 50.8 Å². The summed E-state index contributed by atoms with van der Waals surface area (Å²) in [6, 6.07) is 0.148. The van der Waals surface area contributed by atoms with E-state index in [0.29, 0.717) is 11.8 Å². The highest BCUT2D eigenvalue weighted by molar-refractivity contribution is 7.91. The second-order valence-corrected chi connectivity index (χ2v) is 7.53. The highest BCUT2D eigenvalue weighted by Gasteiger charge is 2.32. The van der Waals surface area contributed by atoms with Crippen molar-refractivity contribution in [2.24, 2.45) is 17.6 Å². The van der Waals surface area contributed by atoms with Gasteiger partial charge in [-0.3, -0.25) is 0 Å². The lowest BCUT2D eigenvalue weighted by Crippen LogP contribution is -2.40. The Labute approximate surface area is 93.3 Å². The molecule has 0 amide bonds. The van der Waals surface area contributed by atoms with Gasteiger partial charge in [0.25, 0.3) is 0 Å². The lowest BCUT2D eigenvalue weighted by molar-refractivity contribution is 0.263. The number of rotatable bonds is 3. The summed E-state index contributed by atoms with van der Waals surface area (Å²) in [5.41, 5.74) is 6.10. The molecule has 3 unspecified atom stereocenters. The molecule has 3 atom stereocenters. The van der Waals surface area contributed by atoms with Crippen LogP contribution >= 0.6 is 0 Å². The van der Waals surface area contributed by atoms with Gasteiger partial charge >= 0.3 is 0 Å². The number of nitrogens with two attached hydrogens (primary N) is 1. The standard InChI is InChI=1S/C11H23NO2S/c1-8(2)11(12)9-5-4-6-10(7-9)15(3,13)14/h8-11H,4-7,12H2,1-3H3. The normalized spacial score (nSPS) is 30.5. The van der Waals surface area contributed by atoms with E-state index in [1.165, 1.54) is 6.26 Å². The van der Waals surface area contributed by atoms with Crippen LogP contribution in [0.2, 0.25) is 0 Å². The first-order valence-electron chi connectivity index (χ1n) is 5.76. The largest absolute Gasteiger partial charge is 0.327 e. The topological polar surface area (TPSA) is 60.2 Å². The van der Waals surface area contributed by atoms with Gasteiger partial charge in [-0.1, -0.05) is 20.3 Å². The van der Waals surface area contributed by atoms with Gasteiger partial charge in [-0.25, -0.2) is 8.42 Å². The SMILES string of the molecule is CC(C)C(N)C1CCCC(S(C)(=O)=O)C1. The molecule has 2 N–H and O–H groups in total. The van der Waals surface area contributed by atoms with Crippen LogP contribution in [0.1, 0.15) is 39.5 Å². The van der Waals surface area contributed by atoms with Gasteiger partial charge in [-0.05, 0) is 31.1 Å². The predicted molar refractivity (Wildman–Crippen MR) is 63.4 cm³/mol. The number of hydrogen-bond donors (Lipinski definition) is 1. The van der Waals surface area contributed by atoms with Crippen molar-refractivity contribution in [2.75, 3.05) is 6.26 Å². The van der Waals surface area contributed by atoms with Gasteiger partial charge < -0.3 is 5.73 Å². The first-order chi connectivity index (χ1) is 6.82. The van der Waals surface area contributed by atoms with Crippen molar-refractivity contribution in [3.05, 3.63) is 0 Å². The summed E-state index contributed by atoms with van der Waals surface area (Å²) >= 11 is 0. The average molecular weight is 233 g/mol. The maximum absolute atomic E-state index is 11.5. The third-order valence-corrected chi connectivity index (χ3v) is 5.23. The van der Waals surface area contributed by atoms with Gasteiger partial charge in [0.1, 0.15) is 9.84 Å². The number of hydrogen-bond acceptors (Lipinski definition) is 3. The van der Waals surface area contributed by atoms with Crippen molar-refractivity contribution in [3.63, 3.8) is 0 Å². The first kappa shape index (κ1) is 13.0. The van der Waals surface area contributed by atoms with Crippen molar-refractivity contribution >= 4 is 9.84 Å². The second-order valence-electron chi connectivity index (χ2n) is 5.20. The Morgan fingerprint density at radius 3 is 2.33 bits per heavy atom. The summed E-state index contributed by atoms with van der Waals surface area (Å²) < 4.78 is 23.0. The molecule has 0 spiro atoms. The molecule has 0 aromatic heterocycles. The Morgan fingerprint density at radius 2 is 1.87 bits per heavy atom. The van der Waals surface area contributed by atoms with E-state index >= 15 is 0 Å². The molecule has 0 aliphatic heterocycles. The van der Waals surface area contributed by atoms with E-state index < -0.39 is 9.84 Å². The van der Waals surface area contributed by atoms with E-state index in [4.69, 9.17) is 5.73 Å². The van der Waals surface area contributed by atoms with Gasteiger partial charge in [-0.15, -0.1) is 0 Å². The maximum atomic E-state index is 11.5. The molecule has 15 heavy (non-hydrogen) atoms.